The number of hydrogen-bond acceptors (Lipinski definition) is 4. The number of esters is 1. The van der Waals surface area contributed by atoms with Gasteiger partial charge in [0.25, 0.3) is 0 Å². The van der Waals surface area contributed by atoms with Gasteiger partial charge in [0.15, 0.2) is 0 Å². The zero-order valence-corrected chi connectivity index (χ0v) is 11.7. The molecule has 2 N–H and O–H groups in total. The summed E-state index contributed by atoms with van der Waals surface area (Å²) in [5.74, 6) is -0.716. The van der Waals surface area contributed by atoms with E-state index in [1.165, 1.54) is 18.9 Å². The summed E-state index contributed by atoms with van der Waals surface area (Å²) >= 11 is 0. The molecular weight excluding hydrogens is 250 g/mol. The standard InChI is InChI=1S/C12H21N3O4/c1-7(2)13-12(18)14-9-5-6-15(8(3)16)10(9)11(17)19-4/h7,9-10H,5-6H2,1-4H3,(H2,13,14,18). The summed E-state index contributed by atoms with van der Waals surface area (Å²) < 4.78 is 4.70. The molecule has 0 bridgehead atoms. The van der Waals surface area contributed by atoms with E-state index in [2.05, 4.69) is 10.6 Å². The van der Waals surface area contributed by atoms with E-state index in [-0.39, 0.29) is 18.0 Å². The number of likely N-dealkylation sites (tertiary alicyclic amines) is 1. The van der Waals surface area contributed by atoms with Crippen LogP contribution < -0.4 is 10.6 Å². The van der Waals surface area contributed by atoms with Crippen LogP contribution in [0.25, 0.3) is 0 Å². The molecule has 0 radical (unpaired) electrons. The molecule has 0 aromatic heterocycles. The fraction of sp³-hybridized carbons (Fsp3) is 0.750. The maximum absolute atomic E-state index is 11.8. The zero-order valence-electron chi connectivity index (χ0n) is 11.7. The molecule has 1 aliphatic heterocycles. The Balaban J connectivity index is 2.74. The number of urea groups is 1. The van der Waals surface area contributed by atoms with Crippen LogP contribution in [0.1, 0.15) is 27.2 Å². The van der Waals surface area contributed by atoms with Crippen molar-refractivity contribution in [2.24, 2.45) is 0 Å². The van der Waals surface area contributed by atoms with Gasteiger partial charge in [-0.25, -0.2) is 9.59 Å². The minimum absolute atomic E-state index is 0.00175. The highest BCUT2D eigenvalue weighted by atomic mass is 16.5. The highest BCUT2D eigenvalue weighted by Crippen LogP contribution is 2.19. The third-order valence-electron chi connectivity index (χ3n) is 2.98. The van der Waals surface area contributed by atoms with Gasteiger partial charge in [0.05, 0.1) is 13.2 Å². The van der Waals surface area contributed by atoms with E-state index >= 15 is 0 Å². The Morgan fingerprint density at radius 2 is 1.95 bits per heavy atom. The molecule has 0 saturated carbocycles. The normalized spacial score (nSPS) is 22.3. The van der Waals surface area contributed by atoms with Crippen LogP contribution in [0.4, 0.5) is 4.79 Å². The number of rotatable bonds is 3. The number of amides is 3. The maximum Gasteiger partial charge on any atom is 0.330 e. The molecular formula is C12H21N3O4. The van der Waals surface area contributed by atoms with Gasteiger partial charge in [-0.05, 0) is 20.3 Å². The number of carbonyl (C=O) groups excluding carboxylic acids is 3. The summed E-state index contributed by atoms with van der Waals surface area (Å²) in [6.45, 7) is 5.51. The van der Waals surface area contributed by atoms with Crippen molar-refractivity contribution in [2.75, 3.05) is 13.7 Å². The average Bonchev–Trinajstić information content (AvgIpc) is 2.70. The first-order valence-electron chi connectivity index (χ1n) is 6.29. The second kappa shape index (κ2) is 6.40. The average molecular weight is 271 g/mol. The van der Waals surface area contributed by atoms with Crippen LogP contribution in [0.15, 0.2) is 0 Å². The van der Waals surface area contributed by atoms with Gasteiger partial charge in [-0.1, -0.05) is 0 Å². The second-order valence-corrected chi connectivity index (χ2v) is 4.85. The van der Waals surface area contributed by atoms with Gasteiger partial charge in [-0.3, -0.25) is 4.79 Å². The predicted octanol–water partition coefficient (Wildman–Crippen LogP) is -0.144. The van der Waals surface area contributed by atoms with Gasteiger partial charge in [-0.2, -0.15) is 0 Å². The number of nitrogens with zero attached hydrogens (tertiary/aromatic N) is 1. The van der Waals surface area contributed by atoms with Crippen molar-refractivity contribution in [1.29, 1.82) is 0 Å². The van der Waals surface area contributed by atoms with Gasteiger partial charge in [0.2, 0.25) is 5.91 Å². The molecule has 0 aromatic carbocycles. The molecule has 108 valence electrons. The maximum atomic E-state index is 11.8. The lowest BCUT2D eigenvalue weighted by Gasteiger charge is -2.25. The molecule has 2 unspecified atom stereocenters. The zero-order chi connectivity index (χ0) is 14.6. The van der Waals surface area contributed by atoms with Crippen molar-refractivity contribution in [3.8, 4) is 0 Å². The first kappa shape index (κ1) is 15.3. The molecule has 3 amide bonds. The highest BCUT2D eigenvalue weighted by molar-refractivity contribution is 5.86. The Labute approximate surface area is 112 Å². The fourth-order valence-corrected chi connectivity index (χ4v) is 2.18. The van der Waals surface area contributed by atoms with Crippen molar-refractivity contribution in [3.63, 3.8) is 0 Å². The Hall–Kier alpha value is -1.79. The predicted molar refractivity (Wildman–Crippen MR) is 68.4 cm³/mol. The Morgan fingerprint density at radius 3 is 2.42 bits per heavy atom. The van der Waals surface area contributed by atoms with E-state index in [1.807, 2.05) is 13.8 Å². The van der Waals surface area contributed by atoms with Gasteiger partial charge in [0, 0.05) is 19.5 Å². The molecule has 1 aliphatic rings. The summed E-state index contributed by atoms with van der Waals surface area (Å²) in [7, 11) is 1.27. The topological polar surface area (TPSA) is 87.7 Å². The lowest BCUT2D eigenvalue weighted by Crippen LogP contribution is -2.53. The van der Waals surface area contributed by atoms with Crippen molar-refractivity contribution in [3.05, 3.63) is 0 Å². The lowest BCUT2D eigenvalue weighted by molar-refractivity contribution is -0.150. The SMILES string of the molecule is COC(=O)C1C(NC(=O)NC(C)C)CCN1C(C)=O. The van der Waals surface area contributed by atoms with Crippen molar-refractivity contribution >= 4 is 17.9 Å². The summed E-state index contributed by atoms with van der Waals surface area (Å²) in [4.78, 5) is 36.3. The van der Waals surface area contributed by atoms with Crippen molar-refractivity contribution in [1.82, 2.24) is 15.5 Å². The van der Waals surface area contributed by atoms with Crippen LogP contribution in [0.5, 0.6) is 0 Å². The van der Waals surface area contributed by atoms with Gasteiger partial charge < -0.3 is 20.3 Å². The first-order valence-corrected chi connectivity index (χ1v) is 6.29. The smallest absolute Gasteiger partial charge is 0.330 e. The van der Waals surface area contributed by atoms with E-state index in [0.29, 0.717) is 13.0 Å². The number of ether oxygens (including phenoxy) is 1. The third-order valence-corrected chi connectivity index (χ3v) is 2.98. The number of hydrogen-bond donors (Lipinski definition) is 2. The van der Waals surface area contributed by atoms with Crippen LogP contribution in [0.3, 0.4) is 0 Å². The molecule has 1 fully saturated rings. The Bertz CT molecular complexity index is 370. The molecule has 1 heterocycles. The van der Waals surface area contributed by atoms with Crippen LogP contribution >= 0.6 is 0 Å². The Morgan fingerprint density at radius 1 is 1.32 bits per heavy atom. The molecule has 1 saturated heterocycles. The van der Waals surface area contributed by atoms with Crippen LogP contribution in [0.2, 0.25) is 0 Å². The summed E-state index contributed by atoms with van der Waals surface area (Å²) in [5.41, 5.74) is 0. The molecule has 1 rings (SSSR count). The molecule has 7 heteroatoms. The fourth-order valence-electron chi connectivity index (χ4n) is 2.18. The van der Waals surface area contributed by atoms with Crippen LogP contribution in [-0.4, -0.2) is 54.6 Å². The summed E-state index contributed by atoms with van der Waals surface area (Å²) in [5, 5.41) is 5.40. The number of carbonyl (C=O) groups is 3. The monoisotopic (exact) mass is 271 g/mol. The van der Waals surface area contributed by atoms with Crippen LogP contribution in [0, 0.1) is 0 Å². The molecule has 0 aromatic rings. The van der Waals surface area contributed by atoms with Crippen molar-refractivity contribution < 1.29 is 19.1 Å². The molecule has 0 spiro atoms. The highest BCUT2D eigenvalue weighted by Gasteiger charge is 2.42. The number of methoxy groups -OCH3 is 1. The number of nitrogens with one attached hydrogen (secondary N) is 2. The van der Waals surface area contributed by atoms with E-state index in [4.69, 9.17) is 4.74 Å². The quantitative estimate of drug-likeness (QED) is 0.699. The molecule has 7 nitrogen and oxygen atoms in total. The Kier molecular flexibility index (Phi) is 5.14. The van der Waals surface area contributed by atoms with Crippen molar-refractivity contribution in [2.45, 2.75) is 45.3 Å². The minimum Gasteiger partial charge on any atom is -0.467 e. The van der Waals surface area contributed by atoms with E-state index in [9.17, 15) is 14.4 Å². The van der Waals surface area contributed by atoms with Gasteiger partial charge >= 0.3 is 12.0 Å². The lowest BCUT2D eigenvalue weighted by atomic mass is 10.1. The summed E-state index contributed by atoms with van der Waals surface area (Å²) in [6, 6.07) is -1.52. The molecule has 0 aliphatic carbocycles. The van der Waals surface area contributed by atoms with Gasteiger partial charge in [0.1, 0.15) is 6.04 Å². The van der Waals surface area contributed by atoms with Gasteiger partial charge in [-0.15, -0.1) is 0 Å². The van der Waals surface area contributed by atoms with E-state index in [0.717, 1.165) is 0 Å². The molecule has 19 heavy (non-hydrogen) atoms. The second-order valence-electron chi connectivity index (χ2n) is 4.85. The summed E-state index contributed by atoms with van der Waals surface area (Å²) in [6.07, 6.45) is 0.533. The minimum atomic E-state index is -0.750. The third kappa shape index (κ3) is 3.84. The van der Waals surface area contributed by atoms with Crippen LogP contribution in [-0.2, 0) is 14.3 Å². The largest absolute Gasteiger partial charge is 0.467 e. The first-order chi connectivity index (χ1) is 8.86. The molecule has 2 atom stereocenters. The van der Waals surface area contributed by atoms with E-state index in [1.54, 1.807) is 0 Å². The van der Waals surface area contributed by atoms with E-state index < -0.39 is 18.1 Å².